The van der Waals surface area contributed by atoms with Gasteiger partial charge in [-0.15, -0.1) is 0 Å². The van der Waals surface area contributed by atoms with Crippen molar-refractivity contribution in [3.05, 3.63) is 22.7 Å². The Kier molecular flexibility index (Phi) is 2.70. The molecule has 0 fully saturated rings. The van der Waals surface area contributed by atoms with Gasteiger partial charge < -0.3 is 5.73 Å². The highest BCUT2D eigenvalue weighted by molar-refractivity contribution is 7.07. The lowest BCUT2D eigenvalue weighted by molar-refractivity contribution is 0.496. The van der Waals surface area contributed by atoms with E-state index in [1.165, 1.54) is 10.5 Å². The Morgan fingerprint density at radius 2 is 2.36 bits per heavy atom. The van der Waals surface area contributed by atoms with Crippen molar-refractivity contribution < 1.29 is 0 Å². The maximum Gasteiger partial charge on any atom is 0.0517 e. The topological polar surface area (TPSA) is 38.9 Å². The van der Waals surface area contributed by atoms with Gasteiger partial charge >= 0.3 is 0 Å². The highest BCUT2D eigenvalue weighted by atomic mass is 32.1. The van der Waals surface area contributed by atoms with Crippen molar-refractivity contribution in [1.82, 2.24) is 4.37 Å². The second-order valence-electron chi connectivity index (χ2n) is 4.23. The summed E-state index contributed by atoms with van der Waals surface area (Å²) in [5.74, 6) is 0.701. The zero-order valence-corrected chi connectivity index (χ0v) is 9.47. The molecule has 0 saturated heterocycles. The maximum atomic E-state index is 5.97. The van der Waals surface area contributed by atoms with Crippen molar-refractivity contribution >= 4 is 17.1 Å². The molecule has 0 saturated carbocycles. The van der Waals surface area contributed by atoms with E-state index in [1.54, 1.807) is 11.5 Å². The van der Waals surface area contributed by atoms with Crippen LogP contribution in [0.5, 0.6) is 0 Å². The summed E-state index contributed by atoms with van der Waals surface area (Å²) in [6.07, 6.45) is 4.46. The fraction of sp³-hybridized carbons (Fsp3) is 0.545. The van der Waals surface area contributed by atoms with Gasteiger partial charge in [0.05, 0.1) is 10.6 Å². The van der Waals surface area contributed by atoms with Gasteiger partial charge in [-0.1, -0.05) is 13.0 Å². The summed E-state index contributed by atoms with van der Waals surface area (Å²) in [6, 6.07) is 2.39. The summed E-state index contributed by atoms with van der Waals surface area (Å²) in [5, 5.41) is 0. The monoisotopic (exact) mass is 208 g/mol. The van der Waals surface area contributed by atoms with Crippen LogP contribution >= 0.6 is 11.5 Å². The summed E-state index contributed by atoms with van der Waals surface area (Å²) >= 11 is 1.59. The highest BCUT2D eigenvalue weighted by Crippen LogP contribution is 2.32. The van der Waals surface area contributed by atoms with Crippen LogP contribution in [0, 0.1) is 12.8 Å². The molecule has 2 unspecified atom stereocenters. The van der Waals surface area contributed by atoms with E-state index >= 15 is 0 Å². The Morgan fingerprint density at radius 1 is 1.57 bits per heavy atom. The van der Waals surface area contributed by atoms with E-state index in [4.69, 9.17) is 5.73 Å². The fourth-order valence-electron chi connectivity index (χ4n) is 2.02. The van der Waals surface area contributed by atoms with Crippen LogP contribution < -0.4 is 5.73 Å². The van der Waals surface area contributed by atoms with Crippen LogP contribution in [0.2, 0.25) is 0 Å². The molecule has 2 nitrogen and oxygen atoms in total. The van der Waals surface area contributed by atoms with Crippen LogP contribution in [-0.2, 0) is 0 Å². The summed E-state index contributed by atoms with van der Waals surface area (Å²) < 4.78 is 4.30. The second kappa shape index (κ2) is 3.83. The smallest absolute Gasteiger partial charge is 0.0517 e. The number of hydrogen-bond acceptors (Lipinski definition) is 3. The quantitative estimate of drug-likeness (QED) is 0.770. The first-order valence-electron chi connectivity index (χ1n) is 5.05. The molecule has 1 aliphatic carbocycles. The minimum absolute atomic E-state index is 0.233. The van der Waals surface area contributed by atoms with E-state index < -0.39 is 0 Å². The first kappa shape index (κ1) is 9.87. The number of aromatic nitrogens is 1. The number of aryl methyl sites for hydroxylation is 1. The molecule has 3 heteroatoms. The van der Waals surface area contributed by atoms with Crippen LogP contribution in [0.1, 0.15) is 30.3 Å². The Hall–Kier alpha value is -0.670. The molecule has 1 aromatic rings. The van der Waals surface area contributed by atoms with Crippen molar-refractivity contribution in [3.8, 4) is 0 Å². The zero-order valence-electron chi connectivity index (χ0n) is 8.66. The number of allylic oxidation sites excluding steroid dienone is 1. The van der Waals surface area contributed by atoms with Gasteiger partial charge in [-0.3, -0.25) is 0 Å². The molecular formula is C11H16N2S. The highest BCUT2D eigenvalue weighted by Gasteiger charge is 2.18. The lowest BCUT2D eigenvalue weighted by atomic mass is 9.87. The first-order chi connectivity index (χ1) is 6.65. The molecular weight excluding hydrogens is 192 g/mol. The SMILES string of the molecule is Cc1cc(C2=CC(N)CC(C)C2)sn1. The van der Waals surface area contributed by atoms with Gasteiger partial charge in [0.25, 0.3) is 0 Å². The van der Waals surface area contributed by atoms with Crippen molar-refractivity contribution in [2.45, 2.75) is 32.7 Å². The van der Waals surface area contributed by atoms with Crippen LogP contribution in [0.3, 0.4) is 0 Å². The molecule has 0 aliphatic heterocycles. The van der Waals surface area contributed by atoms with Gasteiger partial charge in [-0.25, -0.2) is 0 Å². The molecule has 1 heterocycles. The Morgan fingerprint density at radius 3 is 2.93 bits per heavy atom. The van der Waals surface area contributed by atoms with Gasteiger partial charge in [0.1, 0.15) is 0 Å². The normalized spacial score (nSPS) is 27.5. The summed E-state index contributed by atoms with van der Waals surface area (Å²) in [4.78, 5) is 1.30. The van der Waals surface area contributed by atoms with Crippen molar-refractivity contribution in [2.24, 2.45) is 11.7 Å². The van der Waals surface area contributed by atoms with E-state index in [0.29, 0.717) is 5.92 Å². The van der Waals surface area contributed by atoms with Crippen molar-refractivity contribution in [1.29, 1.82) is 0 Å². The Labute approximate surface area is 89.0 Å². The van der Waals surface area contributed by atoms with Crippen LogP contribution in [0.4, 0.5) is 0 Å². The molecule has 2 N–H and O–H groups in total. The standard InChI is InChI=1S/C11H16N2S/c1-7-3-9(6-10(12)4-7)11-5-8(2)13-14-11/h5-7,10H,3-4,12H2,1-2H3. The molecule has 2 atom stereocenters. The van der Waals surface area contributed by atoms with Crippen LogP contribution in [0.15, 0.2) is 12.1 Å². The maximum absolute atomic E-state index is 5.97. The predicted molar refractivity (Wildman–Crippen MR) is 61.2 cm³/mol. The largest absolute Gasteiger partial charge is 0.324 e. The molecule has 1 aliphatic rings. The van der Waals surface area contributed by atoms with E-state index in [-0.39, 0.29) is 6.04 Å². The van der Waals surface area contributed by atoms with Crippen LogP contribution in [0.25, 0.3) is 5.57 Å². The van der Waals surface area contributed by atoms with Gasteiger partial charge in [0, 0.05) is 6.04 Å². The van der Waals surface area contributed by atoms with E-state index in [1.807, 2.05) is 6.92 Å². The second-order valence-corrected chi connectivity index (χ2v) is 5.04. The molecule has 14 heavy (non-hydrogen) atoms. The Balaban J connectivity index is 2.25. The molecule has 1 aromatic heterocycles. The number of nitrogens with two attached hydrogens (primary N) is 1. The lowest BCUT2D eigenvalue weighted by Gasteiger charge is -2.22. The number of rotatable bonds is 1. The first-order valence-corrected chi connectivity index (χ1v) is 5.82. The third-order valence-electron chi connectivity index (χ3n) is 2.60. The lowest BCUT2D eigenvalue weighted by Crippen LogP contribution is -2.24. The minimum Gasteiger partial charge on any atom is -0.324 e. The third kappa shape index (κ3) is 2.04. The molecule has 76 valence electrons. The summed E-state index contributed by atoms with van der Waals surface area (Å²) in [5.41, 5.74) is 8.47. The Bertz CT molecular complexity index is 354. The minimum atomic E-state index is 0.233. The van der Waals surface area contributed by atoms with Gasteiger partial charge in [0.15, 0.2) is 0 Å². The average Bonchev–Trinajstić information content (AvgIpc) is 2.50. The zero-order chi connectivity index (χ0) is 10.1. The van der Waals surface area contributed by atoms with Crippen molar-refractivity contribution in [3.63, 3.8) is 0 Å². The van der Waals surface area contributed by atoms with Gasteiger partial charge in [-0.05, 0) is 48.9 Å². The molecule has 0 aromatic carbocycles. The molecule has 2 rings (SSSR count). The molecule has 0 radical (unpaired) electrons. The average molecular weight is 208 g/mol. The van der Waals surface area contributed by atoms with E-state index in [9.17, 15) is 0 Å². The van der Waals surface area contributed by atoms with E-state index in [2.05, 4.69) is 23.4 Å². The van der Waals surface area contributed by atoms with Gasteiger partial charge in [-0.2, -0.15) is 4.37 Å². The predicted octanol–water partition coefficient (Wildman–Crippen LogP) is 2.59. The molecule has 0 spiro atoms. The van der Waals surface area contributed by atoms with Crippen molar-refractivity contribution in [2.75, 3.05) is 0 Å². The van der Waals surface area contributed by atoms with E-state index in [0.717, 1.165) is 18.5 Å². The van der Waals surface area contributed by atoms with Crippen LogP contribution in [-0.4, -0.2) is 10.4 Å². The van der Waals surface area contributed by atoms with Gasteiger partial charge in [0.2, 0.25) is 0 Å². The summed E-state index contributed by atoms with van der Waals surface area (Å²) in [6.45, 7) is 4.30. The molecule has 0 amide bonds. The fourth-order valence-corrected chi connectivity index (χ4v) is 2.80. The molecule has 0 bridgehead atoms. The number of hydrogen-bond donors (Lipinski definition) is 1. The number of nitrogens with zero attached hydrogens (tertiary/aromatic N) is 1. The third-order valence-corrected chi connectivity index (χ3v) is 3.56. The summed E-state index contributed by atoms with van der Waals surface area (Å²) in [7, 11) is 0.